The number of aryl methyl sites for hydroxylation is 1. The minimum Gasteiger partial charge on any atom is -0.197 e. The van der Waals surface area contributed by atoms with E-state index in [0.717, 1.165) is 0 Å². The van der Waals surface area contributed by atoms with E-state index in [4.69, 9.17) is 5.26 Å². The van der Waals surface area contributed by atoms with Gasteiger partial charge in [-0.2, -0.15) is 18.4 Å². The Kier molecular flexibility index (Phi) is 2.80. The minimum absolute atomic E-state index is 0.000000000000000444. The molecule has 1 atom stereocenters. The summed E-state index contributed by atoms with van der Waals surface area (Å²) >= 11 is 0. The second-order valence-electron chi connectivity index (χ2n) is 3.02. The van der Waals surface area contributed by atoms with Crippen LogP contribution in [0.15, 0.2) is 24.3 Å². The van der Waals surface area contributed by atoms with E-state index in [1.54, 1.807) is 13.0 Å². The first-order valence-electron chi connectivity index (χ1n) is 3.98. The molecule has 0 bridgehead atoms. The predicted octanol–water partition coefficient (Wildman–Crippen LogP) is 3.16. The van der Waals surface area contributed by atoms with Gasteiger partial charge in [-0.1, -0.05) is 29.8 Å². The van der Waals surface area contributed by atoms with E-state index >= 15 is 0 Å². The molecule has 14 heavy (non-hydrogen) atoms. The van der Waals surface area contributed by atoms with Crippen LogP contribution in [0.2, 0.25) is 0 Å². The monoisotopic (exact) mass is 199 g/mol. The summed E-state index contributed by atoms with van der Waals surface area (Å²) in [6.07, 6.45) is -4.50. The van der Waals surface area contributed by atoms with Crippen LogP contribution in [0.25, 0.3) is 0 Å². The summed E-state index contributed by atoms with van der Waals surface area (Å²) in [4.78, 5) is 0. The maximum absolute atomic E-state index is 12.3. The molecule has 0 spiro atoms. The van der Waals surface area contributed by atoms with Gasteiger partial charge < -0.3 is 0 Å². The number of nitrogens with zero attached hydrogens (tertiary/aromatic N) is 1. The highest BCUT2D eigenvalue weighted by molar-refractivity contribution is 5.30. The van der Waals surface area contributed by atoms with Crippen molar-refractivity contribution in [2.75, 3.05) is 0 Å². The molecule has 0 saturated heterocycles. The molecule has 0 heterocycles. The van der Waals surface area contributed by atoms with Gasteiger partial charge in [-0.05, 0) is 12.5 Å². The first-order valence-corrected chi connectivity index (χ1v) is 3.98. The third kappa shape index (κ3) is 2.25. The van der Waals surface area contributed by atoms with E-state index in [1.165, 1.54) is 24.3 Å². The SMILES string of the molecule is Cc1cccc(C(C#N)C(F)(F)F)c1. The van der Waals surface area contributed by atoms with E-state index in [2.05, 4.69) is 0 Å². The molecule has 0 aliphatic carbocycles. The molecular weight excluding hydrogens is 191 g/mol. The molecule has 0 fully saturated rings. The van der Waals surface area contributed by atoms with Crippen molar-refractivity contribution < 1.29 is 13.2 Å². The van der Waals surface area contributed by atoms with Crippen molar-refractivity contribution in [3.63, 3.8) is 0 Å². The second kappa shape index (κ2) is 3.70. The smallest absolute Gasteiger partial charge is 0.197 e. The lowest BCUT2D eigenvalue weighted by Gasteiger charge is -2.13. The van der Waals surface area contributed by atoms with Crippen LogP contribution in [0.3, 0.4) is 0 Å². The van der Waals surface area contributed by atoms with E-state index in [1.807, 2.05) is 0 Å². The molecule has 0 radical (unpaired) electrons. The molecule has 0 N–H and O–H groups in total. The first kappa shape index (κ1) is 10.6. The molecule has 1 aromatic carbocycles. The zero-order chi connectivity index (χ0) is 10.8. The highest BCUT2D eigenvalue weighted by Gasteiger charge is 2.40. The van der Waals surface area contributed by atoms with Gasteiger partial charge in [-0.25, -0.2) is 0 Å². The number of hydrogen-bond donors (Lipinski definition) is 0. The molecular formula is C10H8F3N. The van der Waals surface area contributed by atoms with Crippen LogP contribution < -0.4 is 0 Å². The third-order valence-electron chi connectivity index (χ3n) is 1.83. The van der Waals surface area contributed by atoms with Crippen molar-refractivity contribution in [2.45, 2.75) is 19.0 Å². The van der Waals surface area contributed by atoms with Gasteiger partial charge in [-0.15, -0.1) is 0 Å². The fraction of sp³-hybridized carbons (Fsp3) is 0.300. The predicted molar refractivity (Wildman–Crippen MR) is 45.6 cm³/mol. The van der Waals surface area contributed by atoms with Crippen LogP contribution in [0.1, 0.15) is 17.0 Å². The molecule has 4 heteroatoms. The quantitative estimate of drug-likeness (QED) is 0.681. The molecule has 0 aliphatic rings. The summed E-state index contributed by atoms with van der Waals surface area (Å²) in [5, 5.41) is 8.44. The van der Waals surface area contributed by atoms with E-state index in [9.17, 15) is 13.2 Å². The zero-order valence-corrected chi connectivity index (χ0v) is 7.47. The van der Waals surface area contributed by atoms with Crippen LogP contribution in [-0.2, 0) is 0 Å². The van der Waals surface area contributed by atoms with Gasteiger partial charge in [0.05, 0.1) is 6.07 Å². The summed E-state index contributed by atoms with van der Waals surface area (Å²) in [6, 6.07) is 7.15. The Hall–Kier alpha value is -1.50. The highest BCUT2D eigenvalue weighted by atomic mass is 19.4. The maximum Gasteiger partial charge on any atom is 0.408 e. The Bertz CT molecular complexity index is 362. The van der Waals surface area contributed by atoms with Crippen molar-refractivity contribution >= 4 is 0 Å². The van der Waals surface area contributed by atoms with Crippen LogP contribution in [0.5, 0.6) is 0 Å². The summed E-state index contributed by atoms with van der Waals surface area (Å²) in [5.74, 6) is -2.03. The lowest BCUT2D eigenvalue weighted by molar-refractivity contribution is -0.137. The van der Waals surface area contributed by atoms with Crippen LogP contribution in [-0.4, -0.2) is 6.18 Å². The van der Waals surface area contributed by atoms with Crippen molar-refractivity contribution in [1.82, 2.24) is 0 Å². The number of hydrogen-bond acceptors (Lipinski definition) is 1. The van der Waals surface area contributed by atoms with Crippen molar-refractivity contribution in [2.24, 2.45) is 0 Å². The first-order chi connectivity index (χ1) is 6.45. The van der Waals surface area contributed by atoms with E-state index < -0.39 is 12.1 Å². The molecule has 0 saturated carbocycles. The molecule has 0 aliphatic heterocycles. The highest BCUT2D eigenvalue weighted by Crippen LogP contribution is 2.34. The van der Waals surface area contributed by atoms with E-state index in [-0.39, 0.29) is 5.56 Å². The summed E-state index contributed by atoms with van der Waals surface area (Å²) in [5.41, 5.74) is 0.715. The van der Waals surface area contributed by atoms with Gasteiger partial charge >= 0.3 is 6.18 Å². The molecule has 1 aromatic rings. The standard InChI is InChI=1S/C10H8F3N/c1-7-3-2-4-8(5-7)9(6-14)10(11,12)13/h2-5,9H,1H3. The Balaban J connectivity index is 3.09. The van der Waals surface area contributed by atoms with E-state index in [0.29, 0.717) is 5.56 Å². The van der Waals surface area contributed by atoms with Gasteiger partial charge in [0, 0.05) is 0 Å². The van der Waals surface area contributed by atoms with Crippen molar-refractivity contribution in [3.05, 3.63) is 35.4 Å². The Morgan fingerprint density at radius 1 is 1.36 bits per heavy atom. The average molecular weight is 199 g/mol. The van der Waals surface area contributed by atoms with Crippen molar-refractivity contribution in [3.8, 4) is 6.07 Å². The van der Waals surface area contributed by atoms with Crippen LogP contribution in [0.4, 0.5) is 13.2 Å². The van der Waals surface area contributed by atoms with Gasteiger partial charge in [0.2, 0.25) is 0 Å². The molecule has 0 aromatic heterocycles. The Morgan fingerprint density at radius 2 is 2.00 bits per heavy atom. The summed E-state index contributed by atoms with van der Waals surface area (Å²) in [6.45, 7) is 1.69. The normalized spacial score (nSPS) is 13.4. The third-order valence-corrected chi connectivity index (χ3v) is 1.83. The van der Waals surface area contributed by atoms with Gasteiger partial charge in [0.1, 0.15) is 0 Å². The molecule has 1 unspecified atom stereocenters. The summed E-state index contributed by atoms with van der Waals surface area (Å²) in [7, 11) is 0. The van der Waals surface area contributed by atoms with Crippen LogP contribution in [0, 0.1) is 18.3 Å². The average Bonchev–Trinajstić information content (AvgIpc) is 2.02. The van der Waals surface area contributed by atoms with Crippen molar-refractivity contribution in [1.29, 1.82) is 5.26 Å². The summed E-state index contributed by atoms with van der Waals surface area (Å²) < 4.78 is 36.9. The topological polar surface area (TPSA) is 23.8 Å². The fourth-order valence-corrected chi connectivity index (χ4v) is 1.19. The zero-order valence-electron chi connectivity index (χ0n) is 7.47. The van der Waals surface area contributed by atoms with Crippen LogP contribution >= 0.6 is 0 Å². The van der Waals surface area contributed by atoms with Gasteiger partial charge in [0.15, 0.2) is 5.92 Å². The number of halogens is 3. The molecule has 1 rings (SSSR count). The lowest BCUT2D eigenvalue weighted by Crippen LogP contribution is -2.19. The lowest BCUT2D eigenvalue weighted by atomic mass is 9.98. The molecule has 74 valence electrons. The number of alkyl halides is 3. The van der Waals surface area contributed by atoms with Gasteiger partial charge in [0.25, 0.3) is 0 Å². The number of benzene rings is 1. The van der Waals surface area contributed by atoms with Gasteiger partial charge in [-0.3, -0.25) is 0 Å². The largest absolute Gasteiger partial charge is 0.408 e. The fourth-order valence-electron chi connectivity index (χ4n) is 1.19. The molecule has 0 amide bonds. The number of nitriles is 1. The number of rotatable bonds is 1. The Morgan fingerprint density at radius 3 is 2.43 bits per heavy atom. The second-order valence-corrected chi connectivity index (χ2v) is 3.02. The Labute approximate surface area is 79.8 Å². The minimum atomic E-state index is -4.50. The maximum atomic E-state index is 12.3. The molecule has 1 nitrogen and oxygen atoms in total.